The number of fused-ring (bicyclic) bond motifs is 2. The van der Waals surface area contributed by atoms with Crippen molar-refractivity contribution in [2.45, 2.75) is 30.6 Å². The van der Waals surface area contributed by atoms with E-state index in [0.29, 0.717) is 22.0 Å². The molecule has 0 amide bonds. The number of aromatic nitrogens is 3. The molecule has 5 atom stereocenters. The number of benzene rings is 1. The zero-order valence-electron chi connectivity index (χ0n) is 15.2. The minimum Gasteiger partial charge on any atom is -0.388 e. The summed E-state index contributed by atoms with van der Waals surface area (Å²) in [6, 6.07) is 6.74. The Bertz CT molecular complexity index is 1000. The van der Waals surface area contributed by atoms with Gasteiger partial charge in [0, 0.05) is 11.2 Å². The Morgan fingerprint density at radius 2 is 1.97 bits per heavy atom. The molecule has 1 aromatic carbocycles. The van der Waals surface area contributed by atoms with Crippen molar-refractivity contribution >= 4 is 28.5 Å². The zero-order valence-corrected chi connectivity index (χ0v) is 16.0. The van der Waals surface area contributed by atoms with Crippen molar-refractivity contribution in [2.75, 3.05) is 18.9 Å². The maximum atomic E-state index is 13.9. The highest BCUT2D eigenvalue weighted by Crippen LogP contribution is 2.40. The summed E-state index contributed by atoms with van der Waals surface area (Å²) in [6.07, 6.45) is -1.27. The van der Waals surface area contributed by atoms with Crippen LogP contribution in [0.4, 0.5) is 10.2 Å². The number of nitrogens with zero attached hydrogens (tertiary/aromatic N) is 2. The van der Waals surface area contributed by atoms with Crippen LogP contribution in [0.2, 0.25) is 5.02 Å². The monoisotopic (exact) mass is 422 g/mol. The van der Waals surface area contributed by atoms with Gasteiger partial charge in [-0.05, 0) is 29.3 Å². The summed E-state index contributed by atoms with van der Waals surface area (Å²) in [5.41, 5.74) is 7.39. The number of halogens is 2. The zero-order chi connectivity index (χ0) is 20.5. The lowest BCUT2D eigenvalue weighted by Crippen LogP contribution is -2.37. The Hall–Kier alpha value is -2.30. The molecule has 0 spiro atoms. The lowest BCUT2D eigenvalue weighted by atomic mass is 9.91. The highest BCUT2D eigenvalue weighted by atomic mass is 35.5. The number of rotatable bonds is 1. The number of H-pyrrole nitrogens is 1. The molecular weight excluding hydrogens is 403 g/mol. The number of nitrogens with two attached hydrogens (primary N) is 1. The summed E-state index contributed by atoms with van der Waals surface area (Å²) >= 11 is 5.87. The van der Waals surface area contributed by atoms with E-state index in [4.69, 9.17) is 26.8 Å². The molecule has 0 aliphatic carbocycles. The Balaban J connectivity index is 0.000000171. The van der Waals surface area contributed by atoms with Crippen LogP contribution >= 0.6 is 11.6 Å². The number of hydrogen-bond acceptors (Lipinski definition) is 7. The standard InChI is InChI=1S/C13H14ClFO4.C6H6N4/c14-6-1-2-7-8(3-6)9(15)4-18-12(7)13-11(17)10(16)5-19-13;7-5-4-1-2-8-6(4)10-3-9-5/h1-3,9-13,16-17H,4-5H2;1-3H,(H3,7,8,9,10). The van der Waals surface area contributed by atoms with Gasteiger partial charge in [0.15, 0.2) is 0 Å². The average Bonchev–Trinajstić information content (AvgIpc) is 3.32. The van der Waals surface area contributed by atoms with Gasteiger partial charge in [-0.25, -0.2) is 14.4 Å². The fourth-order valence-electron chi connectivity index (χ4n) is 3.50. The number of hydrogen-bond donors (Lipinski definition) is 4. The van der Waals surface area contributed by atoms with Gasteiger partial charge in [0.2, 0.25) is 0 Å². The highest BCUT2D eigenvalue weighted by Gasteiger charge is 2.44. The number of aromatic amines is 1. The lowest BCUT2D eigenvalue weighted by Gasteiger charge is -2.33. The predicted molar refractivity (Wildman–Crippen MR) is 104 cm³/mol. The Morgan fingerprint density at radius 1 is 1.14 bits per heavy atom. The van der Waals surface area contributed by atoms with Crippen LogP contribution in [-0.2, 0) is 9.47 Å². The van der Waals surface area contributed by atoms with Crippen molar-refractivity contribution in [3.63, 3.8) is 0 Å². The summed E-state index contributed by atoms with van der Waals surface area (Å²) in [7, 11) is 0. The van der Waals surface area contributed by atoms with E-state index in [1.165, 1.54) is 6.33 Å². The third-order valence-electron chi connectivity index (χ3n) is 4.99. The summed E-state index contributed by atoms with van der Waals surface area (Å²) in [4.78, 5) is 10.7. The molecule has 0 radical (unpaired) electrons. The van der Waals surface area contributed by atoms with E-state index in [2.05, 4.69) is 15.0 Å². The summed E-state index contributed by atoms with van der Waals surface area (Å²) < 4.78 is 24.7. The molecule has 2 aliphatic rings. The minimum absolute atomic E-state index is 0.0493. The number of anilines is 1. The van der Waals surface area contributed by atoms with Gasteiger partial charge in [0.25, 0.3) is 0 Å². The summed E-state index contributed by atoms with van der Waals surface area (Å²) in [5, 5.41) is 20.7. The normalized spacial score (nSPS) is 28.6. The van der Waals surface area contributed by atoms with E-state index in [1.807, 2.05) is 6.07 Å². The molecule has 4 heterocycles. The van der Waals surface area contributed by atoms with Gasteiger partial charge in [-0.1, -0.05) is 17.7 Å². The molecule has 154 valence electrons. The average molecular weight is 423 g/mol. The van der Waals surface area contributed by atoms with Crippen molar-refractivity contribution in [1.82, 2.24) is 15.0 Å². The first kappa shape index (κ1) is 20.0. The van der Waals surface area contributed by atoms with Gasteiger partial charge in [-0.2, -0.15) is 0 Å². The van der Waals surface area contributed by atoms with E-state index in [0.717, 1.165) is 11.0 Å². The van der Waals surface area contributed by atoms with Crippen LogP contribution in [-0.4, -0.2) is 56.7 Å². The Kier molecular flexibility index (Phi) is 5.66. The largest absolute Gasteiger partial charge is 0.388 e. The SMILES string of the molecule is Nc1ncnc2[nH]ccc12.OC1COC(C2OCC(F)c3cc(Cl)ccc32)C1O. The van der Waals surface area contributed by atoms with E-state index in [1.54, 1.807) is 24.4 Å². The van der Waals surface area contributed by atoms with E-state index < -0.39 is 30.6 Å². The van der Waals surface area contributed by atoms with Gasteiger partial charge >= 0.3 is 0 Å². The molecule has 8 nitrogen and oxygen atoms in total. The summed E-state index contributed by atoms with van der Waals surface area (Å²) in [5.74, 6) is 0.520. The molecule has 1 saturated heterocycles. The first-order valence-corrected chi connectivity index (χ1v) is 9.40. The van der Waals surface area contributed by atoms with Crippen LogP contribution in [0.5, 0.6) is 0 Å². The maximum absolute atomic E-state index is 13.9. The van der Waals surface area contributed by atoms with Gasteiger partial charge in [0.1, 0.15) is 48.4 Å². The van der Waals surface area contributed by atoms with Crippen LogP contribution < -0.4 is 5.73 Å². The fraction of sp³-hybridized carbons (Fsp3) is 0.368. The van der Waals surface area contributed by atoms with Gasteiger partial charge in [-0.3, -0.25) is 0 Å². The van der Waals surface area contributed by atoms with E-state index in [-0.39, 0.29) is 13.2 Å². The third kappa shape index (κ3) is 3.92. The molecule has 0 bridgehead atoms. The fourth-order valence-corrected chi connectivity index (χ4v) is 3.68. The second kappa shape index (κ2) is 8.21. The Labute approximate surface area is 170 Å². The number of nitrogen functional groups attached to an aromatic ring is 1. The molecule has 3 aromatic rings. The molecule has 2 aliphatic heterocycles. The van der Waals surface area contributed by atoms with Crippen LogP contribution in [0.1, 0.15) is 23.4 Å². The number of aliphatic hydroxyl groups excluding tert-OH is 2. The molecular formula is C19H20ClFN4O4. The van der Waals surface area contributed by atoms with Gasteiger partial charge < -0.3 is 30.4 Å². The molecule has 1 fully saturated rings. The molecule has 5 unspecified atom stereocenters. The van der Waals surface area contributed by atoms with E-state index in [9.17, 15) is 14.6 Å². The van der Waals surface area contributed by atoms with Crippen LogP contribution in [0.25, 0.3) is 11.0 Å². The lowest BCUT2D eigenvalue weighted by molar-refractivity contribution is -0.104. The predicted octanol–water partition coefficient (Wildman–Crippen LogP) is 2.08. The molecule has 29 heavy (non-hydrogen) atoms. The maximum Gasteiger partial charge on any atom is 0.149 e. The molecule has 0 saturated carbocycles. The number of aliphatic hydroxyl groups is 2. The van der Waals surface area contributed by atoms with Gasteiger partial charge in [0.05, 0.1) is 18.6 Å². The van der Waals surface area contributed by atoms with E-state index >= 15 is 0 Å². The number of alkyl halides is 1. The van der Waals surface area contributed by atoms with Gasteiger partial charge in [-0.15, -0.1) is 0 Å². The van der Waals surface area contributed by atoms with Crippen molar-refractivity contribution < 1.29 is 24.1 Å². The first-order chi connectivity index (χ1) is 14.0. The number of ether oxygens (including phenoxy) is 2. The van der Waals surface area contributed by atoms with Crippen molar-refractivity contribution in [1.29, 1.82) is 0 Å². The second-order valence-corrected chi connectivity index (χ2v) is 7.29. The second-order valence-electron chi connectivity index (χ2n) is 6.85. The van der Waals surface area contributed by atoms with Crippen LogP contribution in [0, 0.1) is 0 Å². The minimum atomic E-state index is -1.24. The van der Waals surface area contributed by atoms with Crippen molar-refractivity contribution in [3.05, 3.63) is 52.9 Å². The topological polar surface area (TPSA) is 127 Å². The van der Waals surface area contributed by atoms with Crippen molar-refractivity contribution in [2.24, 2.45) is 0 Å². The Morgan fingerprint density at radius 3 is 2.69 bits per heavy atom. The van der Waals surface area contributed by atoms with Crippen LogP contribution in [0.15, 0.2) is 36.8 Å². The smallest absolute Gasteiger partial charge is 0.149 e. The summed E-state index contributed by atoms with van der Waals surface area (Å²) in [6.45, 7) is -0.0612. The van der Waals surface area contributed by atoms with Crippen molar-refractivity contribution in [3.8, 4) is 0 Å². The molecule has 5 N–H and O–H groups in total. The molecule has 5 rings (SSSR count). The first-order valence-electron chi connectivity index (χ1n) is 9.02. The number of nitrogens with one attached hydrogen (secondary N) is 1. The highest BCUT2D eigenvalue weighted by molar-refractivity contribution is 6.30. The third-order valence-corrected chi connectivity index (χ3v) is 5.22. The molecule has 10 heteroatoms. The molecule has 2 aromatic heterocycles. The quantitative estimate of drug-likeness (QED) is 0.473. The van der Waals surface area contributed by atoms with Crippen LogP contribution in [0.3, 0.4) is 0 Å².